The third-order valence-electron chi connectivity index (χ3n) is 3.83. The topological polar surface area (TPSA) is 98.3 Å². The van der Waals surface area contributed by atoms with E-state index in [1.807, 2.05) is 0 Å². The number of halogens is 1. The molecule has 0 radical (unpaired) electrons. The number of nitro groups is 1. The van der Waals surface area contributed by atoms with Gasteiger partial charge in [-0.3, -0.25) is 14.9 Å². The highest BCUT2D eigenvalue weighted by atomic mass is 79.9. The van der Waals surface area contributed by atoms with Gasteiger partial charge in [0.25, 0.3) is 5.69 Å². The summed E-state index contributed by atoms with van der Waals surface area (Å²) in [5.41, 5.74) is 6.86. The monoisotopic (exact) mass is 355 g/mol. The predicted octanol–water partition coefficient (Wildman–Crippen LogP) is 3.12. The van der Waals surface area contributed by atoms with Crippen LogP contribution in [-0.2, 0) is 4.79 Å². The number of nitrogens with two attached hydrogens (primary N) is 1. The Kier molecular flexibility index (Phi) is 4.95. The molecule has 0 spiro atoms. The van der Waals surface area contributed by atoms with E-state index < -0.39 is 4.92 Å². The Balaban J connectivity index is 2.17. The van der Waals surface area contributed by atoms with E-state index in [4.69, 9.17) is 5.73 Å². The summed E-state index contributed by atoms with van der Waals surface area (Å²) in [7, 11) is 0. The van der Waals surface area contributed by atoms with Crippen LogP contribution >= 0.6 is 15.9 Å². The summed E-state index contributed by atoms with van der Waals surface area (Å²) in [5.74, 6) is -0.245. The molecule has 1 amide bonds. The van der Waals surface area contributed by atoms with Crippen LogP contribution < -0.4 is 11.1 Å². The van der Waals surface area contributed by atoms with Crippen LogP contribution in [0, 0.1) is 23.0 Å². The number of benzene rings is 1. The first kappa shape index (κ1) is 15.9. The lowest BCUT2D eigenvalue weighted by Gasteiger charge is -2.25. The average Bonchev–Trinajstić information content (AvgIpc) is 2.41. The maximum absolute atomic E-state index is 12.3. The second-order valence-electron chi connectivity index (χ2n) is 5.49. The molecule has 114 valence electrons. The molecule has 0 saturated heterocycles. The Hall–Kier alpha value is -1.47. The quantitative estimate of drug-likeness (QED) is 0.642. The van der Waals surface area contributed by atoms with Crippen molar-refractivity contribution < 1.29 is 9.72 Å². The number of amides is 1. The van der Waals surface area contributed by atoms with E-state index in [1.54, 1.807) is 13.0 Å². The van der Waals surface area contributed by atoms with Gasteiger partial charge < -0.3 is 11.1 Å². The molecule has 2 unspecified atom stereocenters. The molecule has 1 aliphatic rings. The predicted molar refractivity (Wildman–Crippen MR) is 84.1 cm³/mol. The fraction of sp³-hybridized carbons (Fsp3) is 0.500. The lowest BCUT2D eigenvalue weighted by Crippen LogP contribution is -2.34. The molecule has 1 aliphatic carbocycles. The van der Waals surface area contributed by atoms with Crippen LogP contribution in [0.4, 0.5) is 11.4 Å². The molecule has 2 atom stereocenters. The minimum atomic E-state index is -0.450. The van der Waals surface area contributed by atoms with Gasteiger partial charge in [-0.05, 0) is 48.2 Å². The second kappa shape index (κ2) is 6.53. The summed E-state index contributed by atoms with van der Waals surface area (Å²) in [4.78, 5) is 22.8. The second-order valence-corrected chi connectivity index (χ2v) is 6.34. The van der Waals surface area contributed by atoms with Crippen LogP contribution in [-0.4, -0.2) is 16.9 Å². The van der Waals surface area contributed by atoms with Gasteiger partial charge in [0.2, 0.25) is 5.91 Å². The fourth-order valence-corrected chi connectivity index (χ4v) is 3.21. The molecular weight excluding hydrogens is 338 g/mol. The van der Waals surface area contributed by atoms with Gasteiger partial charge in [0, 0.05) is 28.1 Å². The first-order chi connectivity index (χ1) is 9.88. The Morgan fingerprint density at radius 1 is 1.48 bits per heavy atom. The van der Waals surface area contributed by atoms with Crippen LogP contribution in [0.1, 0.15) is 31.2 Å². The summed E-state index contributed by atoms with van der Waals surface area (Å²) in [6.07, 6.45) is 3.36. The molecule has 1 fully saturated rings. The average molecular weight is 356 g/mol. The third-order valence-corrected chi connectivity index (χ3v) is 4.48. The van der Waals surface area contributed by atoms with Gasteiger partial charge in [-0.2, -0.15) is 0 Å². The zero-order chi connectivity index (χ0) is 15.6. The number of carbonyl (C=O) groups excluding carboxylic acids is 1. The van der Waals surface area contributed by atoms with Crippen molar-refractivity contribution in [3.63, 3.8) is 0 Å². The van der Waals surface area contributed by atoms with Gasteiger partial charge in [0.1, 0.15) is 0 Å². The Bertz CT molecular complexity index is 577. The normalized spacial score (nSPS) is 21.9. The van der Waals surface area contributed by atoms with E-state index in [1.165, 1.54) is 6.07 Å². The molecule has 1 aromatic rings. The molecule has 7 heteroatoms. The lowest BCUT2D eigenvalue weighted by molar-refractivity contribution is -0.385. The van der Waals surface area contributed by atoms with Gasteiger partial charge in [-0.15, -0.1) is 0 Å². The number of hydrogen-bond acceptors (Lipinski definition) is 4. The Labute approximate surface area is 131 Å². The smallest absolute Gasteiger partial charge is 0.274 e. The number of nitrogens with one attached hydrogen (secondary N) is 1. The molecule has 1 aromatic carbocycles. The first-order valence-electron chi connectivity index (χ1n) is 6.89. The minimum absolute atomic E-state index is 0.00570. The molecule has 6 nitrogen and oxygen atoms in total. The molecule has 21 heavy (non-hydrogen) atoms. The fourth-order valence-electron chi connectivity index (χ4n) is 2.65. The van der Waals surface area contributed by atoms with Crippen molar-refractivity contribution in [2.45, 2.75) is 38.6 Å². The van der Waals surface area contributed by atoms with Crippen LogP contribution in [0.5, 0.6) is 0 Å². The lowest BCUT2D eigenvalue weighted by atomic mass is 9.85. The van der Waals surface area contributed by atoms with Crippen LogP contribution in [0.25, 0.3) is 0 Å². The van der Waals surface area contributed by atoms with E-state index in [2.05, 4.69) is 21.2 Å². The zero-order valence-electron chi connectivity index (χ0n) is 11.8. The van der Waals surface area contributed by atoms with E-state index in [0.717, 1.165) is 19.3 Å². The summed E-state index contributed by atoms with van der Waals surface area (Å²) >= 11 is 3.33. The highest BCUT2D eigenvalue weighted by Gasteiger charge is 2.26. The van der Waals surface area contributed by atoms with Crippen molar-refractivity contribution >= 4 is 33.2 Å². The van der Waals surface area contributed by atoms with E-state index in [9.17, 15) is 14.9 Å². The van der Waals surface area contributed by atoms with Crippen LogP contribution in [0.2, 0.25) is 0 Å². The summed E-state index contributed by atoms with van der Waals surface area (Å²) in [5, 5.41) is 13.8. The molecule has 2 rings (SSSR count). The van der Waals surface area contributed by atoms with Crippen molar-refractivity contribution in [1.29, 1.82) is 0 Å². The molecular formula is C14H18BrN3O3. The van der Waals surface area contributed by atoms with E-state index in [0.29, 0.717) is 22.1 Å². The largest absolute Gasteiger partial charge is 0.328 e. The van der Waals surface area contributed by atoms with E-state index in [-0.39, 0.29) is 23.6 Å². The summed E-state index contributed by atoms with van der Waals surface area (Å²) < 4.78 is 0.638. The molecule has 0 heterocycles. The molecule has 0 bridgehead atoms. The van der Waals surface area contributed by atoms with Crippen molar-refractivity contribution in [2.75, 3.05) is 5.32 Å². The highest BCUT2D eigenvalue weighted by Crippen LogP contribution is 2.32. The highest BCUT2D eigenvalue weighted by molar-refractivity contribution is 9.10. The van der Waals surface area contributed by atoms with Gasteiger partial charge in [-0.1, -0.05) is 6.42 Å². The third kappa shape index (κ3) is 3.79. The number of nitrogens with zero attached hydrogens (tertiary/aromatic N) is 1. The van der Waals surface area contributed by atoms with Crippen molar-refractivity contribution in [3.8, 4) is 0 Å². The van der Waals surface area contributed by atoms with Gasteiger partial charge in [0.15, 0.2) is 0 Å². The number of aryl methyl sites for hydroxylation is 1. The number of hydrogen-bond donors (Lipinski definition) is 2. The Morgan fingerprint density at radius 3 is 2.81 bits per heavy atom. The van der Waals surface area contributed by atoms with Crippen molar-refractivity contribution in [2.24, 2.45) is 11.7 Å². The Morgan fingerprint density at radius 2 is 2.19 bits per heavy atom. The van der Waals surface area contributed by atoms with Gasteiger partial charge in [0.05, 0.1) is 10.6 Å². The number of nitro benzene ring substituents is 1. The van der Waals surface area contributed by atoms with Crippen molar-refractivity contribution in [3.05, 3.63) is 32.3 Å². The molecule has 1 saturated carbocycles. The summed E-state index contributed by atoms with van der Waals surface area (Å²) in [6.45, 7) is 1.66. The number of rotatable bonds is 3. The summed E-state index contributed by atoms with van der Waals surface area (Å²) in [6, 6.07) is 3.09. The van der Waals surface area contributed by atoms with Crippen LogP contribution in [0.3, 0.4) is 0 Å². The van der Waals surface area contributed by atoms with Gasteiger partial charge in [-0.25, -0.2) is 0 Å². The first-order valence-corrected chi connectivity index (χ1v) is 7.68. The number of carbonyl (C=O) groups is 1. The maximum Gasteiger partial charge on any atom is 0.274 e. The molecule has 0 aromatic heterocycles. The molecule has 0 aliphatic heterocycles. The van der Waals surface area contributed by atoms with Crippen molar-refractivity contribution in [1.82, 2.24) is 0 Å². The molecule has 3 N–H and O–H groups in total. The van der Waals surface area contributed by atoms with Gasteiger partial charge >= 0.3 is 0 Å². The number of anilines is 1. The SMILES string of the molecule is Cc1cc(Br)c(NC(=O)C2CCCC(N)C2)cc1[N+](=O)[O-]. The minimum Gasteiger partial charge on any atom is -0.328 e. The van der Waals surface area contributed by atoms with E-state index >= 15 is 0 Å². The maximum atomic E-state index is 12.3. The zero-order valence-corrected chi connectivity index (χ0v) is 13.4. The van der Waals surface area contributed by atoms with Crippen LogP contribution in [0.15, 0.2) is 16.6 Å². The standard InChI is InChI=1S/C14H18BrN3O3/c1-8-5-11(15)12(7-13(8)18(20)21)17-14(19)9-3-2-4-10(16)6-9/h5,7,9-10H,2-4,6,16H2,1H3,(H,17,19).